The van der Waals surface area contributed by atoms with Gasteiger partial charge >= 0.3 is 0 Å². The Labute approximate surface area is 177 Å². The van der Waals surface area contributed by atoms with Crippen molar-refractivity contribution in [3.05, 3.63) is 53.6 Å². The largest absolute Gasteiger partial charge is 0.504 e. The number of carbonyl (C=O) groups is 1. The van der Waals surface area contributed by atoms with Crippen molar-refractivity contribution < 1.29 is 23.1 Å². The molecule has 2 aromatic carbocycles. The molecule has 2 rings (SSSR count). The highest BCUT2D eigenvalue weighted by Gasteiger charge is 2.28. The van der Waals surface area contributed by atoms with Gasteiger partial charge in [-0.05, 0) is 55.7 Å². The molecular formula is C21H27N3O5S. The minimum Gasteiger partial charge on any atom is -0.504 e. The van der Waals surface area contributed by atoms with Crippen LogP contribution in [0, 0.1) is 12.8 Å². The first-order valence-electron chi connectivity index (χ1n) is 9.51. The molecule has 0 fully saturated rings. The number of carbonyl (C=O) groups excluding carboxylic acids is 1. The topological polar surface area (TPSA) is 117 Å². The lowest BCUT2D eigenvalue weighted by Crippen LogP contribution is -2.48. The van der Waals surface area contributed by atoms with E-state index < -0.39 is 22.0 Å². The second-order valence-electron chi connectivity index (χ2n) is 7.05. The van der Waals surface area contributed by atoms with Gasteiger partial charge in [-0.15, -0.1) is 0 Å². The maximum atomic E-state index is 12.6. The number of hydrogen-bond donors (Lipinski definition) is 3. The van der Waals surface area contributed by atoms with E-state index >= 15 is 0 Å². The Morgan fingerprint density at radius 2 is 1.87 bits per heavy atom. The number of amides is 1. The number of phenols is 1. The maximum Gasteiger partial charge on any atom is 0.258 e. The van der Waals surface area contributed by atoms with Crippen LogP contribution in [0.25, 0.3) is 0 Å². The molecule has 8 nitrogen and oxygen atoms in total. The standard InChI is InChI=1S/C21H27N3O5S/c1-5-29-19-12-16(8-11-18(19)25)13-22-23-21(26)20(14(2)3)24-30(27,28)17-9-6-15(4)7-10-17/h6-14,20,24-25H,5H2,1-4H3,(H,23,26)/b22-13-/t20-/m1/s1. The zero-order valence-electron chi connectivity index (χ0n) is 17.4. The fourth-order valence-electron chi connectivity index (χ4n) is 2.57. The molecule has 0 aliphatic carbocycles. The van der Waals surface area contributed by atoms with Gasteiger partial charge in [0.1, 0.15) is 6.04 Å². The molecule has 0 radical (unpaired) electrons. The van der Waals surface area contributed by atoms with E-state index in [1.165, 1.54) is 24.4 Å². The van der Waals surface area contributed by atoms with E-state index in [1.807, 2.05) is 6.92 Å². The van der Waals surface area contributed by atoms with Gasteiger partial charge in [-0.25, -0.2) is 13.8 Å². The Morgan fingerprint density at radius 1 is 1.20 bits per heavy atom. The first kappa shape index (κ1) is 23.4. The number of aromatic hydroxyl groups is 1. The summed E-state index contributed by atoms with van der Waals surface area (Å²) in [6.45, 7) is 7.52. The van der Waals surface area contributed by atoms with Crippen LogP contribution in [0.15, 0.2) is 52.5 Å². The van der Waals surface area contributed by atoms with Crippen LogP contribution in [0.4, 0.5) is 0 Å². The second kappa shape index (κ2) is 10.2. The van der Waals surface area contributed by atoms with Crippen molar-refractivity contribution in [2.75, 3.05) is 6.61 Å². The minimum absolute atomic E-state index is 0.00317. The number of rotatable bonds is 9. The van der Waals surface area contributed by atoms with Crippen LogP contribution in [-0.2, 0) is 14.8 Å². The third-order valence-corrected chi connectivity index (χ3v) is 5.69. The molecule has 0 saturated heterocycles. The quantitative estimate of drug-likeness (QED) is 0.415. The summed E-state index contributed by atoms with van der Waals surface area (Å²) in [5, 5.41) is 13.6. The van der Waals surface area contributed by atoms with Crippen molar-refractivity contribution in [1.82, 2.24) is 10.1 Å². The van der Waals surface area contributed by atoms with E-state index in [1.54, 1.807) is 45.0 Å². The molecule has 0 saturated carbocycles. The molecule has 0 aliphatic heterocycles. The highest BCUT2D eigenvalue weighted by molar-refractivity contribution is 7.89. The zero-order chi connectivity index (χ0) is 22.3. The summed E-state index contributed by atoms with van der Waals surface area (Å²) in [4.78, 5) is 12.6. The Balaban J connectivity index is 2.09. The van der Waals surface area contributed by atoms with Crippen molar-refractivity contribution in [3.8, 4) is 11.5 Å². The van der Waals surface area contributed by atoms with Crippen LogP contribution in [0.1, 0.15) is 31.9 Å². The average molecular weight is 434 g/mol. The highest BCUT2D eigenvalue weighted by atomic mass is 32.2. The van der Waals surface area contributed by atoms with Gasteiger partial charge in [-0.2, -0.15) is 9.82 Å². The number of sulfonamides is 1. The number of hydrogen-bond acceptors (Lipinski definition) is 6. The summed E-state index contributed by atoms with van der Waals surface area (Å²) in [6, 6.07) is 10.0. The SMILES string of the molecule is CCOc1cc(/C=N\NC(=O)[C@H](NS(=O)(=O)c2ccc(C)cc2)C(C)C)ccc1O. The molecule has 162 valence electrons. The fraction of sp³-hybridized carbons (Fsp3) is 0.333. The van der Waals surface area contributed by atoms with E-state index in [0.29, 0.717) is 17.9 Å². The Kier molecular flexibility index (Phi) is 7.96. The molecule has 0 unspecified atom stereocenters. The Hall–Kier alpha value is -2.91. The summed E-state index contributed by atoms with van der Waals surface area (Å²) >= 11 is 0. The normalized spacial score (nSPS) is 12.8. The summed E-state index contributed by atoms with van der Waals surface area (Å²) in [7, 11) is -3.87. The van der Waals surface area contributed by atoms with Crippen molar-refractivity contribution in [1.29, 1.82) is 0 Å². The van der Waals surface area contributed by atoms with Crippen LogP contribution < -0.4 is 14.9 Å². The maximum absolute atomic E-state index is 12.6. The molecule has 1 atom stereocenters. The van der Waals surface area contributed by atoms with Gasteiger partial charge < -0.3 is 9.84 Å². The molecule has 2 aromatic rings. The molecule has 0 heterocycles. The van der Waals surface area contributed by atoms with E-state index in [-0.39, 0.29) is 16.6 Å². The number of ether oxygens (including phenoxy) is 1. The summed E-state index contributed by atoms with van der Waals surface area (Å²) < 4.78 is 33.0. The van der Waals surface area contributed by atoms with Crippen molar-refractivity contribution in [3.63, 3.8) is 0 Å². The Morgan fingerprint density at radius 3 is 2.47 bits per heavy atom. The molecule has 0 bridgehead atoms. The fourth-order valence-corrected chi connectivity index (χ4v) is 3.91. The third kappa shape index (κ3) is 6.30. The van der Waals surface area contributed by atoms with Gasteiger partial charge in [-0.1, -0.05) is 31.5 Å². The number of hydrazone groups is 1. The average Bonchev–Trinajstić information content (AvgIpc) is 2.69. The predicted molar refractivity (Wildman–Crippen MR) is 115 cm³/mol. The second-order valence-corrected chi connectivity index (χ2v) is 8.76. The number of nitrogens with zero attached hydrogens (tertiary/aromatic N) is 1. The predicted octanol–water partition coefficient (Wildman–Crippen LogP) is 2.55. The monoisotopic (exact) mass is 433 g/mol. The van der Waals surface area contributed by atoms with Crippen LogP contribution in [-0.4, -0.2) is 38.3 Å². The van der Waals surface area contributed by atoms with E-state index in [0.717, 1.165) is 5.56 Å². The van der Waals surface area contributed by atoms with Crippen LogP contribution in [0.2, 0.25) is 0 Å². The first-order valence-corrected chi connectivity index (χ1v) is 11.0. The first-order chi connectivity index (χ1) is 14.1. The third-order valence-electron chi connectivity index (χ3n) is 4.23. The van der Waals surface area contributed by atoms with Gasteiger partial charge in [-0.3, -0.25) is 4.79 Å². The van der Waals surface area contributed by atoms with Gasteiger partial charge in [0, 0.05) is 0 Å². The summed E-state index contributed by atoms with van der Waals surface area (Å²) in [5.41, 5.74) is 3.89. The summed E-state index contributed by atoms with van der Waals surface area (Å²) in [5.74, 6) is -0.582. The van der Waals surface area contributed by atoms with Gasteiger partial charge in [0.25, 0.3) is 5.91 Å². The van der Waals surface area contributed by atoms with E-state index in [2.05, 4.69) is 15.2 Å². The van der Waals surface area contributed by atoms with Crippen LogP contribution in [0.5, 0.6) is 11.5 Å². The van der Waals surface area contributed by atoms with Gasteiger partial charge in [0.2, 0.25) is 10.0 Å². The lowest BCUT2D eigenvalue weighted by atomic mass is 10.1. The molecule has 3 N–H and O–H groups in total. The van der Waals surface area contributed by atoms with Gasteiger partial charge in [0.05, 0.1) is 17.7 Å². The van der Waals surface area contributed by atoms with Crippen molar-refractivity contribution >= 4 is 22.1 Å². The van der Waals surface area contributed by atoms with Gasteiger partial charge in [0.15, 0.2) is 11.5 Å². The number of nitrogens with one attached hydrogen (secondary N) is 2. The van der Waals surface area contributed by atoms with Crippen LogP contribution >= 0.6 is 0 Å². The Bertz CT molecular complexity index is 1000. The molecule has 0 spiro atoms. The minimum atomic E-state index is -3.87. The van der Waals surface area contributed by atoms with E-state index in [4.69, 9.17) is 4.74 Å². The number of phenolic OH excluding ortho intramolecular Hbond substituents is 1. The molecule has 1 amide bonds. The molecule has 30 heavy (non-hydrogen) atoms. The molecule has 0 aliphatic rings. The number of aryl methyl sites for hydroxylation is 1. The summed E-state index contributed by atoms with van der Waals surface area (Å²) in [6.07, 6.45) is 1.38. The molecule has 0 aromatic heterocycles. The number of benzene rings is 2. The molecular weight excluding hydrogens is 406 g/mol. The van der Waals surface area contributed by atoms with Crippen molar-refractivity contribution in [2.45, 2.75) is 38.6 Å². The lowest BCUT2D eigenvalue weighted by Gasteiger charge is -2.20. The smallest absolute Gasteiger partial charge is 0.258 e. The molecule has 9 heteroatoms. The zero-order valence-corrected chi connectivity index (χ0v) is 18.2. The van der Waals surface area contributed by atoms with Crippen molar-refractivity contribution in [2.24, 2.45) is 11.0 Å². The van der Waals surface area contributed by atoms with E-state index in [9.17, 15) is 18.3 Å². The lowest BCUT2D eigenvalue weighted by molar-refractivity contribution is -0.123. The van der Waals surface area contributed by atoms with Crippen LogP contribution in [0.3, 0.4) is 0 Å². The highest BCUT2D eigenvalue weighted by Crippen LogP contribution is 2.26.